The first kappa shape index (κ1) is 20.8. The molecule has 0 bridgehead atoms. The molecule has 1 atom stereocenters. The number of benzene rings is 1. The number of carboxylic acid groups (broad SMARTS) is 1. The van der Waals surface area contributed by atoms with Crippen molar-refractivity contribution in [2.45, 2.75) is 13.3 Å². The minimum absolute atomic E-state index is 0. The standard InChI is InChI=1S/C20H25N3O3.ClH/c1-16(14-20(24)25)15-26-19-4-2-17(3-5-19)22-10-12-23(13-11-22)18-6-8-21-9-7-18;/h2-9,16H,10-15H2,1H3,(H,24,25);1H/t16-;/m1./s1. The Labute approximate surface area is 166 Å². The lowest BCUT2D eigenvalue weighted by atomic mass is 10.1. The van der Waals surface area contributed by atoms with Crippen molar-refractivity contribution < 1.29 is 14.6 Å². The first-order chi connectivity index (χ1) is 12.6. The number of carbonyl (C=O) groups is 1. The van der Waals surface area contributed by atoms with Crippen molar-refractivity contribution in [3.63, 3.8) is 0 Å². The van der Waals surface area contributed by atoms with Crippen LogP contribution in [0.15, 0.2) is 48.8 Å². The van der Waals surface area contributed by atoms with E-state index in [1.165, 1.54) is 11.4 Å². The fourth-order valence-corrected chi connectivity index (χ4v) is 3.13. The van der Waals surface area contributed by atoms with Crippen LogP contribution in [0.5, 0.6) is 5.75 Å². The first-order valence-electron chi connectivity index (χ1n) is 8.96. The van der Waals surface area contributed by atoms with Gasteiger partial charge in [0.25, 0.3) is 0 Å². The fraction of sp³-hybridized carbons (Fsp3) is 0.400. The number of rotatable bonds is 7. The van der Waals surface area contributed by atoms with Crippen LogP contribution in [0.4, 0.5) is 11.4 Å². The van der Waals surface area contributed by atoms with Crippen molar-refractivity contribution in [1.29, 1.82) is 0 Å². The zero-order valence-corrected chi connectivity index (χ0v) is 16.3. The third-order valence-electron chi connectivity index (χ3n) is 4.57. The summed E-state index contributed by atoms with van der Waals surface area (Å²) in [5.41, 5.74) is 2.41. The van der Waals surface area contributed by atoms with Gasteiger partial charge in [-0.2, -0.15) is 0 Å². The van der Waals surface area contributed by atoms with E-state index >= 15 is 0 Å². The second kappa shape index (κ2) is 10.0. The molecule has 146 valence electrons. The quantitative estimate of drug-likeness (QED) is 0.781. The summed E-state index contributed by atoms with van der Waals surface area (Å²) in [7, 11) is 0. The summed E-state index contributed by atoms with van der Waals surface area (Å²) in [5.74, 6) is -0.0165. The van der Waals surface area contributed by atoms with Crippen LogP contribution < -0.4 is 14.5 Å². The lowest BCUT2D eigenvalue weighted by molar-refractivity contribution is -0.138. The highest BCUT2D eigenvalue weighted by Crippen LogP contribution is 2.23. The predicted molar refractivity (Wildman–Crippen MR) is 109 cm³/mol. The summed E-state index contributed by atoms with van der Waals surface area (Å²) in [6, 6.07) is 12.1. The maximum Gasteiger partial charge on any atom is 0.303 e. The van der Waals surface area contributed by atoms with Crippen LogP contribution in [0, 0.1) is 5.92 Å². The van der Waals surface area contributed by atoms with E-state index in [0.717, 1.165) is 31.9 Å². The molecule has 1 N–H and O–H groups in total. The molecule has 0 spiro atoms. The molecule has 1 aliphatic heterocycles. The Morgan fingerprint density at radius 2 is 1.56 bits per heavy atom. The van der Waals surface area contributed by atoms with Crippen LogP contribution in [-0.4, -0.2) is 48.8 Å². The first-order valence-corrected chi connectivity index (χ1v) is 8.96. The summed E-state index contributed by atoms with van der Waals surface area (Å²) in [6.07, 6.45) is 3.79. The van der Waals surface area contributed by atoms with Gasteiger partial charge < -0.3 is 19.6 Å². The Morgan fingerprint density at radius 1 is 1.04 bits per heavy atom. The number of aromatic nitrogens is 1. The Bertz CT molecular complexity index is 704. The van der Waals surface area contributed by atoms with Crippen LogP contribution in [0.25, 0.3) is 0 Å². The Balaban J connectivity index is 0.00000261. The number of carboxylic acids is 1. The molecule has 2 aromatic rings. The Kier molecular flexibility index (Phi) is 7.73. The summed E-state index contributed by atoms with van der Waals surface area (Å²) >= 11 is 0. The summed E-state index contributed by atoms with van der Waals surface area (Å²) < 4.78 is 5.69. The molecule has 0 amide bonds. The largest absolute Gasteiger partial charge is 0.493 e. The highest BCUT2D eigenvalue weighted by atomic mass is 35.5. The van der Waals surface area contributed by atoms with E-state index < -0.39 is 5.97 Å². The van der Waals surface area contributed by atoms with Crippen LogP contribution in [-0.2, 0) is 4.79 Å². The molecule has 1 aromatic carbocycles. The van der Waals surface area contributed by atoms with Crippen LogP contribution >= 0.6 is 12.4 Å². The van der Waals surface area contributed by atoms with Gasteiger partial charge in [-0.1, -0.05) is 6.92 Å². The second-order valence-electron chi connectivity index (χ2n) is 6.69. The molecule has 1 aliphatic rings. The van der Waals surface area contributed by atoms with E-state index in [-0.39, 0.29) is 24.7 Å². The highest BCUT2D eigenvalue weighted by molar-refractivity contribution is 5.85. The summed E-state index contributed by atoms with van der Waals surface area (Å²) in [4.78, 5) is 19.5. The van der Waals surface area contributed by atoms with Gasteiger partial charge in [0.05, 0.1) is 13.0 Å². The van der Waals surface area contributed by atoms with Crippen LogP contribution in [0.2, 0.25) is 0 Å². The summed E-state index contributed by atoms with van der Waals surface area (Å²) in [5, 5.41) is 8.79. The molecule has 7 heteroatoms. The molecule has 0 radical (unpaired) electrons. The number of pyridine rings is 1. The summed E-state index contributed by atoms with van der Waals surface area (Å²) in [6.45, 7) is 6.20. The maximum atomic E-state index is 10.7. The van der Waals surface area contributed by atoms with Crippen molar-refractivity contribution in [2.24, 2.45) is 5.92 Å². The molecule has 27 heavy (non-hydrogen) atoms. The molecule has 2 heterocycles. The number of halogens is 1. The molecule has 0 aliphatic carbocycles. The topological polar surface area (TPSA) is 65.9 Å². The van der Waals surface area contributed by atoms with E-state index in [1.807, 2.05) is 43.6 Å². The molecule has 1 fully saturated rings. The van der Waals surface area contributed by atoms with Crippen LogP contribution in [0.1, 0.15) is 13.3 Å². The van der Waals surface area contributed by atoms with Gasteiger partial charge in [0.2, 0.25) is 0 Å². The molecule has 3 rings (SSSR count). The molecule has 0 unspecified atom stereocenters. The maximum absolute atomic E-state index is 10.7. The van der Waals surface area contributed by atoms with Crippen molar-refractivity contribution >= 4 is 29.8 Å². The van der Waals surface area contributed by atoms with Crippen molar-refractivity contribution in [3.05, 3.63) is 48.8 Å². The van der Waals surface area contributed by atoms with E-state index in [0.29, 0.717) is 6.61 Å². The van der Waals surface area contributed by atoms with E-state index in [1.54, 1.807) is 0 Å². The van der Waals surface area contributed by atoms with Crippen molar-refractivity contribution in [3.8, 4) is 5.75 Å². The SMILES string of the molecule is C[C@@H](COc1ccc(N2CCN(c3ccncc3)CC2)cc1)CC(=O)O.Cl. The molecular weight excluding hydrogens is 366 g/mol. The molecule has 6 nitrogen and oxygen atoms in total. The highest BCUT2D eigenvalue weighted by Gasteiger charge is 2.17. The Hall–Kier alpha value is -2.47. The van der Waals surface area contributed by atoms with Crippen molar-refractivity contribution in [2.75, 3.05) is 42.6 Å². The lowest BCUT2D eigenvalue weighted by Gasteiger charge is -2.37. The number of aliphatic carboxylic acids is 1. The van der Waals surface area contributed by atoms with Gasteiger partial charge in [0.15, 0.2) is 0 Å². The zero-order chi connectivity index (χ0) is 18.4. The van der Waals surface area contributed by atoms with Crippen molar-refractivity contribution in [1.82, 2.24) is 4.98 Å². The average Bonchev–Trinajstić information content (AvgIpc) is 2.67. The molecule has 0 saturated carbocycles. The van der Waals surface area contributed by atoms with E-state index in [9.17, 15) is 4.79 Å². The third kappa shape index (κ3) is 6.03. The smallest absolute Gasteiger partial charge is 0.303 e. The molecule has 1 aromatic heterocycles. The van der Waals surface area contributed by atoms with Gasteiger partial charge >= 0.3 is 5.97 Å². The number of piperazine rings is 1. The van der Waals surface area contributed by atoms with E-state index in [4.69, 9.17) is 9.84 Å². The second-order valence-corrected chi connectivity index (χ2v) is 6.69. The Morgan fingerprint density at radius 3 is 2.07 bits per heavy atom. The van der Waals surface area contributed by atoms with Gasteiger partial charge in [0.1, 0.15) is 5.75 Å². The normalized spacial score (nSPS) is 15.0. The minimum atomic E-state index is -0.789. The molecular formula is C20H26ClN3O3. The van der Waals surface area contributed by atoms with Gasteiger partial charge in [-0.15, -0.1) is 12.4 Å². The van der Waals surface area contributed by atoms with Crippen LogP contribution in [0.3, 0.4) is 0 Å². The number of anilines is 2. The van der Waals surface area contributed by atoms with E-state index in [2.05, 4.69) is 26.9 Å². The van der Waals surface area contributed by atoms with Gasteiger partial charge in [-0.05, 0) is 36.4 Å². The monoisotopic (exact) mass is 391 g/mol. The number of hydrogen-bond donors (Lipinski definition) is 1. The lowest BCUT2D eigenvalue weighted by Crippen LogP contribution is -2.46. The number of nitrogens with zero attached hydrogens (tertiary/aromatic N) is 3. The van der Waals surface area contributed by atoms with Gasteiger partial charge in [-0.25, -0.2) is 0 Å². The minimum Gasteiger partial charge on any atom is -0.493 e. The zero-order valence-electron chi connectivity index (χ0n) is 15.5. The van der Waals surface area contributed by atoms with Gasteiger partial charge in [0, 0.05) is 55.9 Å². The molecule has 1 saturated heterocycles. The average molecular weight is 392 g/mol. The third-order valence-corrected chi connectivity index (χ3v) is 4.57. The number of ether oxygens (including phenoxy) is 1. The number of hydrogen-bond acceptors (Lipinski definition) is 5. The predicted octanol–water partition coefficient (Wildman–Crippen LogP) is 3.32. The van der Waals surface area contributed by atoms with Gasteiger partial charge in [-0.3, -0.25) is 9.78 Å². The fourth-order valence-electron chi connectivity index (χ4n) is 3.13.